The zero-order chi connectivity index (χ0) is 16.9. The largest absolute Gasteiger partial charge is 0.348 e. The van der Waals surface area contributed by atoms with Gasteiger partial charge >= 0.3 is 0 Å². The lowest BCUT2D eigenvalue weighted by molar-refractivity contribution is 0.0792. The summed E-state index contributed by atoms with van der Waals surface area (Å²) < 4.78 is 0.764. The number of nitrogens with zero attached hydrogens (tertiary/aromatic N) is 1. The number of rotatable bonds is 4. The summed E-state index contributed by atoms with van der Waals surface area (Å²) >= 11 is 3.38. The Balaban J connectivity index is 1.65. The fraction of sp³-hybridized carbons (Fsp3) is 0.263. The zero-order valence-corrected chi connectivity index (χ0v) is 14.9. The van der Waals surface area contributed by atoms with E-state index in [1.807, 2.05) is 47.4 Å². The van der Waals surface area contributed by atoms with Crippen LogP contribution in [0.3, 0.4) is 0 Å². The van der Waals surface area contributed by atoms with Gasteiger partial charge in [0.15, 0.2) is 0 Å². The number of benzene rings is 2. The van der Waals surface area contributed by atoms with E-state index in [4.69, 9.17) is 0 Å². The Bertz CT molecular complexity index is 755. The van der Waals surface area contributed by atoms with Gasteiger partial charge in [-0.05, 0) is 58.6 Å². The number of amides is 2. The molecule has 2 aromatic rings. The molecule has 5 heteroatoms. The van der Waals surface area contributed by atoms with E-state index < -0.39 is 0 Å². The first-order valence-electron chi connectivity index (χ1n) is 8.06. The highest BCUT2D eigenvalue weighted by Crippen LogP contribution is 2.16. The number of nitrogens with one attached hydrogen (secondary N) is 1. The van der Waals surface area contributed by atoms with E-state index in [9.17, 15) is 9.59 Å². The highest BCUT2D eigenvalue weighted by Gasteiger charge is 2.19. The van der Waals surface area contributed by atoms with Gasteiger partial charge in [-0.3, -0.25) is 9.59 Å². The van der Waals surface area contributed by atoms with E-state index in [0.29, 0.717) is 17.7 Å². The molecule has 1 aliphatic rings. The van der Waals surface area contributed by atoms with Gasteiger partial charge in [-0.15, -0.1) is 0 Å². The quantitative estimate of drug-likeness (QED) is 0.872. The van der Waals surface area contributed by atoms with Crippen molar-refractivity contribution in [2.45, 2.75) is 19.4 Å². The van der Waals surface area contributed by atoms with Gasteiger partial charge in [0.25, 0.3) is 11.8 Å². The average Bonchev–Trinajstić information content (AvgIpc) is 3.14. The first-order valence-corrected chi connectivity index (χ1v) is 8.85. The SMILES string of the molecule is O=C(NCc1cccc(C(=O)N2CCCC2)c1)c1ccccc1Br. The molecule has 4 nitrogen and oxygen atoms in total. The van der Waals surface area contributed by atoms with Crippen LogP contribution in [0.2, 0.25) is 0 Å². The molecule has 0 atom stereocenters. The molecular formula is C19H19BrN2O2. The van der Waals surface area contributed by atoms with E-state index in [1.165, 1.54) is 0 Å². The smallest absolute Gasteiger partial charge is 0.253 e. The van der Waals surface area contributed by atoms with Crippen LogP contribution in [0, 0.1) is 0 Å². The second kappa shape index (κ2) is 7.62. The fourth-order valence-corrected chi connectivity index (χ4v) is 3.30. The number of carbonyl (C=O) groups excluding carboxylic acids is 2. The van der Waals surface area contributed by atoms with Gasteiger partial charge in [-0.2, -0.15) is 0 Å². The summed E-state index contributed by atoms with van der Waals surface area (Å²) in [6, 6.07) is 14.8. The van der Waals surface area contributed by atoms with E-state index in [0.717, 1.165) is 36.0 Å². The van der Waals surface area contributed by atoms with Crippen LogP contribution >= 0.6 is 15.9 Å². The summed E-state index contributed by atoms with van der Waals surface area (Å²) in [6.07, 6.45) is 2.15. The third-order valence-corrected chi connectivity index (χ3v) is 4.83. The molecule has 0 aromatic heterocycles. The van der Waals surface area contributed by atoms with Crippen molar-refractivity contribution in [3.63, 3.8) is 0 Å². The number of hydrogen-bond donors (Lipinski definition) is 1. The molecule has 1 aliphatic heterocycles. The maximum absolute atomic E-state index is 12.4. The van der Waals surface area contributed by atoms with Crippen molar-refractivity contribution in [3.05, 3.63) is 69.7 Å². The normalized spacial score (nSPS) is 13.8. The maximum Gasteiger partial charge on any atom is 0.253 e. The molecule has 1 N–H and O–H groups in total. The zero-order valence-electron chi connectivity index (χ0n) is 13.3. The molecule has 1 heterocycles. The molecule has 0 radical (unpaired) electrons. The molecule has 3 rings (SSSR count). The van der Waals surface area contributed by atoms with Crippen LogP contribution in [-0.2, 0) is 6.54 Å². The fourth-order valence-electron chi connectivity index (χ4n) is 2.84. The van der Waals surface area contributed by atoms with Crippen molar-refractivity contribution < 1.29 is 9.59 Å². The van der Waals surface area contributed by atoms with Crippen LogP contribution in [-0.4, -0.2) is 29.8 Å². The average molecular weight is 387 g/mol. The minimum Gasteiger partial charge on any atom is -0.348 e. The van der Waals surface area contributed by atoms with E-state index in [-0.39, 0.29) is 11.8 Å². The number of likely N-dealkylation sites (tertiary alicyclic amines) is 1. The van der Waals surface area contributed by atoms with E-state index >= 15 is 0 Å². The van der Waals surface area contributed by atoms with Crippen molar-refractivity contribution >= 4 is 27.7 Å². The number of halogens is 1. The van der Waals surface area contributed by atoms with Crippen molar-refractivity contribution in [3.8, 4) is 0 Å². The van der Waals surface area contributed by atoms with Crippen molar-refractivity contribution in [2.75, 3.05) is 13.1 Å². The molecule has 0 saturated carbocycles. The lowest BCUT2D eigenvalue weighted by Gasteiger charge is -2.15. The molecule has 0 bridgehead atoms. The summed E-state index contributed by atoms with van der Waals surface area (Å²) in [7, 11) is 0. The highest BCUT2D eigenvalue weighted by atomic mass is 79.9. The van der Waals surface area contributed by atoms with Crippen molar-refractivity contribution in [1.29, 1.82) is 0 Å². The minimum atomic E-state index is -0.140. The monoisotopic (exact) mass is 386 g/mol. The molecule has 124 valence electrons. The topological polar surface area (TPSA) is 49.4 Å². The van der Waals surface area contributed by atoms with Gasteiger partial charge in [-0.25, -0.2) is 0 Å². The number of carbonyl (C=O) groups is 2. The van der Waals surface area contributed by atoms with Gasteiger partial charge in [0.1, 0.15) is 0 Å². The van der Waals surface area contributed by atoms with Crippen LogP contribution < -0.4 is 5.32 Å². The van der Waals surface area contributed by atoms with Crippen LogP contribution in [0.15, 0.2) is 53.0 Å². The predicted molar refractivity (Wildman–Crippen MR) is 96.9 cm³/mol. The number of hydrogen-bond acceptors (Lipinski definition) is 2. The molecule has 24 heavy (non-hydrogen) atoms. The third kappa shape index (κ3) is 3.85. The highest BCUT2D eigenvalue weighted by molar-refractivity contribution is 9.10. The summed E-state index contributed by atoms with van der Waals surface area (Å²) in [5, 5.41) is 2.90. The Morgan fingerprint density at radius 3 is 2.54 bits per heavy atom. The van der Waals surface area contributed by atoms with Crippen molar-refractivity contribution in [1.82, 2.24) is 10.2 Å². The second-order valence-corrected chi connectivity index (χ2v) is 6.72. The molecule has 2 aromatic carbocycles. The molecule has 2 amide bonds. The summed E-state index contributed by atoms with van der Waals surface area (Å²) in [6.45, 7) is 2.06. The second-order valence-electron chi connectivity index (χ2n) is 5.86. The van der Waals surface area contributed by atoms with Crippen LogP contribution in [0.4, 0.5) is 0 Å². The summed E-state index contributed by atoms with van der Waals surface area (Å²) in [5.41, 5.74) is 2.20. The summed E-state index contributed by atoms with van der Waals surface area (Å²) in [4.78, 5) is 26.6. The van der Waals surface area contributed by atoms with Crippen molar-refractivity contribution in [2.24, 2.45) is 0 Å². The van der Waals surface area contributed by atoms with E-state index in [1.54, 1.807) is 6.07 Å². The van der Waals surface area contributed by atoms with Crippen LogP contribution in [0.1, 0.15) is 39.1 Å². The standard InChI is InChI=1S/C19H19BrN2O2/c20-17-9-2-1-8-16(17)18(23)21-13-14-6-5-7-15(12-14)19(24)22-10-3-4-11-22/h1-2,5-9,12H,3-4,10-11,13H2,(H,21,23). The molecule has 0 aliphatic carbocycles. The molecular weight excluding hydrogens is 368 g/mol. The molecule has 0 spiro atoms. The third-order valence-electron chi connectivity index (χ3n) is 4.14. The molecule has 1 fully saturated rings. The van der Waals surface area contributed by atoms with Gasteiger partial charge in [0.2, 0.25) is 0 Å². The van der Waals surface area contributed by atoms with E-state index in [2.05, 4.69) is 21.2 Å². The van der Waals surface area contributed by atoms with Crippen LogP contribution in [0.5, 0.6) is 0 Å². The summed E-state index contributed by atoms with van der Waals surface area (Å²) in [5.74, 6) is -0.0646. The maximum atomic E-state index is 12.4. The van der Waals surface area contributed by atoms with Gasteiger partial charge in [0.05, 0.1) is 5.56 Å². The van der Waals surface area contributed by atoms with Crippen LogP contribution in [0.25, 0.3) is 0 Å². The first kappa shape index (κ1) is 16.7. The predicted octanol–water partition coefficient (Wildman–Crippen LogP) is 3.62. The Morgan fingerprint density at radius 1 is 1.04 bits per heavy atom. The first-order chi connectivity index (χ1) is 11.6. The Hall–Kier alpha value is -2.14. The Labute approximate surface area is 150 Å². The Kier molecular flexibility index (Phi) is 5.30. The molecule has 1 saturated heterocycles. The minimum absolute atomic E-state index is 0.0754. The Morgan fingerprint density at radius 2 is 1.79 bits per heavy atom. The van der Waals surface area contributed by atoms with Gasteiger partial charge < -0.3 is 10.2 Å². The van der Waals surface area contributed by atoms with Gasteiger partial charge in [0, 0.05) is 29.7 Å². The molecule has 0 unspecified atom stereocenters. The van der Waals surface area contributed by atoms with Gasteiger partial charge in [-0.1, -0.05) is 24.3 Å². The lowest BCUT2D eigenvalue weighted by atomic mass is 10.1. The lowest BCUT2D eigenvalue weighted by Crippen LogP contribution is -2.28.